The number of aryl methyl sites for hydroxylation is 2. The molecule has 2 aromatic carbocycles. The van der Waals surface area contributed by atoms with Gasteiger partial charge in [0, 0.05) is 11.4 Å². The first-order chi connectivity index (χ1) is 11.9. The third-order valence-corrected chi connectivity index (χ3v) is 5.28. The smallest absolute Gasteiger partial charge is 0.248 e. The Balaban J connectivity index is 1.96. The number of benzene rings is 2. The molecule has 3 rings (SSSR count). The summed E-state index contributed by atoms with van der Waals surface area (Å²) in [4.78, 5) is 12.5. The molecule has 0 aliphatic carbocycles. The molecular formula is C21H23ClN2O. The van der Waals surface area contributed by atoms with Crippen LogP contribution in [0.15, 0.2) is 41.5 Å². The molecule has 4 heteroatoms. The Morgan fingerprint density at radius 2 is 1.88 bits per heavy atom. The highest BCUT2D eigenvalue weighted by molar-refractivity contribution is 6.31. The van der Waals surface area contributed by atoms with Crippen molar-refractivity contribution in [2.24, 2.45) is 5.10 Å². The lowest BCUT2D eigenvalue weighted by Gasteiger charge is -2.24. The molecule has 0 spiro atoms. The van der Waals surface area contributed by atoms with E-state index in [0.29, 0.717) is 12.3 Å². The fourth-order valence-corrected chi connectivity index (χ4v) is 3.30. The van der Waals surface area contributed by atoms with Crippen LogP contribution in [0.4, 0.5) is 0 Å². The van der Waals surface area contributed by atoms with Crippen LogP contribution < -0.4 is 5.43 Å². The van der Waals surface area contributed by atoms with Crippen molar-refractivity contribution in [1.82, 2.24) is 5.43 Å². The highest BCUT2D eigenvalue weighted by Gasteiger charge is 2.28. The number of hydrogen-bond acceptors (Lipinski definition) is 2. The fourth-order valence-electron chi connectivity index (χ4n) is 3.18. The van der Waals surface area contributed by atoms with Gasteiger partial charge in [-0.15, -0.1) is 0 Å². The second-order valence-electron chi connectivity index (χ2n) is 7.03. The average Bonchev–Trinajstić information content (AvgIpc) is 2.58. The Labute approximate surface area is 154 Å². The number of carbonyl (C=O) groups is 1. The standard InChI is InChI=1S/C21H23ClN2O/c1-12(2)15-6-5-13(3)17(10-15)18-11-20(23-24-21(18)25)16-7-8-19(22)14(4)9-16/h5-10,12,18H,11H2,1-4H3,(H,24,25). The predicted octanol–water partition coefficient (Wildman–Crippen LogP) is 5.09. The summed E-state index contributed by atoms with van der Waals surface area (Å²) < 4.78 is 0. The van der Waals surface area contributed by atoms with Gasteiger partial charge in [0.05, 0.1) is 11.6 Å². The van der Waals surface area contributed by atoms with E-state index in [0.717, 1.165) is 33.0 Å². The van der Waals surface area contributed by atoms with Gasteiger partial charge in [-0.3, -0.25) is 4.79 Å². The molecular weight excluding hydrogens is 332 g/mol. The number of nitrogens with one attached hydrogen (secondary N) is 1. The first-order valence-electron chi connectivity index (χ1n) is 8.60. The predicted molar refractivity (Wildman–Crippen MR) is 103 cm³/mol. The molecule has 0 aromatic heterocycles. The Morgan fingerprint density at radius 3 is 2.56 bits per heavy atom. The molecule has 0 saturated carbocycles. The minimum absolute atomic E-state index is 0.0431. The molecule has 3 nitrogen and oxygen atoms in total. The fraction of sp³-hybridized carbons (Fsp3) is 0.333. The Bertz CT molecular complexity index is 855. The van der Waals surface area contributed by atoms with E-state index in [-0.39, 0.29) is 11.8 Å². The van der Waals surface area contributed by atoms with Gasteiger partial charge in [0.15, 0.2) is 0 Å². The number of halogens is 1. The number of carbonyl (C=O) groups excluding carboxylic acids is 1. The van der Waals surface area contributed by atoms with E-state index in [9.17, 15) is 4.79 Å². The summed E-state index contributed by atoms with van der Waals surface area (Å²) in [6.07, 6.45) is 0.593. The summed E-state index contributed by atoms with van der Waals surface area (Å²) in [6.45, 7) is 8.36. The lowest BCUT2D eigenvalue weighted by Crippen LogP contribution is -2.33. The number of hydrogen-bond donors (Lipinski definition) is 1. The molecule has 1 heterocycles. The van der Waals surface area contributed by atoms with E-state index in [1.54, 1.807) is 0 Å². The minimum Gasteiger partial charge on any atom is -0.272 e. The van der Waals surface area contributed by atoms with Crippen molar-refractivity contribution in [2.45, 2.75) is 46.0 Å². The van der Waals surface area contributed by atoms with Crippen molar-refractivity contribution in [2.75, 3.05) is 0 Å². The maximum Gasteiger partial charge on any atom is 0.248 e. The van der Waals surface area contributed by atoms with Crippen LogP contribution in [0.2, 0.25) is 5.02 Å². The Morgan fingerprint density at radius 1 is 1.12 bits per heavy atom. The van der Waals surface area contributed by atoms with Crippen molar-refractivity contribution in [3.63, 3.8) is 0 Å². The Hall–Kier alpha value is -2.13. The molecule has 1 amide bonds. The molecule has 0 fully saturated rings. The van der Waals surface area contributed by atoms with Crippen LogP contribution in [0.5, 0.6) is 0 Å². The quantitative estimate of drug-likeness (QED) is 0.819. The maximum absolute atomic E-state index is 12.5. The summed E-state index contributed by atoms with van der Waals surface area (Å²) in [7, 11) is 0. The summed E-state index contributed by atoms with van der Waals surface area (Å²) >= 11 is 6.13. The van der Waals surface area contributed by atoms with Gasteiger partial charge in [0.2, 0.25) is 5.91 Å². The second kappa shape index (κ2) is 7.01. The van der Waals surface area contributed by atoms with E-state index in [1.165, 1.54) is 5.56 Å². The highest BCUT2D eigenvalue weighted by atomic mass is 35.5. The van der Waals surface area contributed by atoms with Crippen LogP contribution in [0.3, 0.4) is 0 Å². The molecule has 1 N–H and O–H groups in total. The van der Waals surface area contributed by atoms with E-state index in [2.05, 4.69) is 49.5 Å². The Kier molecular flexibility index (Phi) is 4.96. The van der Waals surface area contributed by atoms with Crippen molar-refractivity contribution >= 4 is 23.2 Å². The van der Waals surface area contributed by atoms with Crippen LogP contribution in [-0.4, -0.2) is 11.6 Å². The first-order valence-corrected chi connectivity index (χ1v) is 8.98. The van der Waals surface area contributed by atoms with Gasteiger partial charge in [-0.05, 0) is 59.7 Å². The van der Waals surface area contributed by atoms with Crippen molar-refractivity contribution in [3.8, 4) is 0 Å². The van der Waals surface area contributed by atoms with Crippen molar-refractivity contribution in [1.29, 1.82) is 0 Å². The maximum atomic E-state index is 12.5. The minimum atomic E-state index is -0.220. The zero-order valence-corrected chi connectivity index (χ0v) is 15.8. The van der Waals surface area contributed by atoms with Gasteiger partial charge in [0.25, 0.3) is 0 Å². The van der Waals surface area contributed by atoms with E-state index in [1.807, 2.05) is 25.1 Å². The number of rotatable bonds is 3. The van der Waals surface area contributed by atoms with Gasteiger partial charge in [0.1, 0.15) is 0 Å². The molecule has 25 heavy (non-hydrogen) atoms. The van der Waals surface area contributed by atoms with Crippen molar-refractivity contribution < 1.29 is 4.79 Å². The van der Waals surface area contributed by atoms with Crippen LogP contribution in [0.1, 0.15) is 59.9 Å². The van der Waals surface area contributed by atoms with Crippen LogP contribution in [-0.2, 0) is 4.79 Å². The molecule has 1 atom stereocenters. The lowest BCUT2D eigenvalue weighted by molar-refractivity contribution is -0.122. The zero-order valence-electron chi connectivity index (χ0n) is 15.1. The largest absolute Gasteiger partial charge is 0.272 e. The molecule has 0 radical (unpaired) electrons. The first kappa shape index (κ1) is 17.7. The SMILES string of the molecule is Cc1cc(C2=NNC(=O)C(c3cc(C(C)C)ccc3C)C2)ccc1Cl. The normalized spacial score (nSPS) is 17.4. The summed E-state index contributed by atoms with van der Waals surface area (Å²) in [5.41, 5.74) is 9.08. The summed E-state index contributed by atoms with van der Waals surface area (Å²) in [6, 6.07) is 12.3. The zero-order chi connectivity index (χ0) is 18.1. The molecule has 2 aromatic rings. The van der Waals surface area contributed by atoms with Crippen LogP contribution in [0.25, 0.3) is 0 Å². The summed E-state index contributed by atoms with van der Waals surface area (Å²) in [5.74, 6) is 0.165. The van der Waals surface area contributed by atoms with Crippen LogP contribution >= 0.6 is 11.6 Å². The molecule has 1 unspecified atom stereocenters. The van der Waals surface area contributed by atoms with E-state index >= 15 is 0 Å². The van der Waals surface area contributed by atoms with E-state index < -0.39 is 0 Å². The molecule has 0 saturated heterocycles. The number of amides is 1. The molecule has 1 aliphatic rings. The monoisotopic (exact) mass is 354 g/mol. The average molecular weight is 355 g/mol. The molecule has 1 aliphatic heterocycles. The molecule has 0 bridgehead atoms. The number of nitrogens with zero attached hydrogens (tertiary/aromatic N) is 1. The van der Waals surface area contributed by atoms with Gasteiger partial charge in [-0.2, -0.15) is 5.10 Å². The third kappa shape index (κ3) is 3.62. The summed E-state index contributed by atoms with van der Waals surface area (Å²) in [5, 5.41) is 5.03. The van der Waals surface area contributed by atoms with Gasteiger partial charge in [-0.25, -0.2) is 5.43 Å². The topological polar surface area (TPSA) is 41.5 Å². The van der Waals surface area contributed by atoms with Gasteiger partial charge >= 0.3 is 0 Å². The highest BCUT2D eigenvalue weighted by Crippen LogP contribution is 2.31. The van der Waals surface area contributed by atoms with Gasteiger partial charge in [-0.1, -0.05) is 49.7 Å². The second-order valence-corrected chi connectivity index (χ2v) is 7.43. The number of hydrazone groups is 1. The lowest BCUT2D eigenvalue weighted by atomic mass is 9.85. The van der Waals surface area contributed by atoms with Crippen molar-refractivity contribution in [3.05, 3.63) is 69.2 Å². The molecule has 130 valence electrons. The third-order valence-electron chi connectivity index (χ3n) is 4.85. The van der Waals surface area contributed by atoms with Gasteiger partial charge < -0.3 is 0 Å². The van der Waals surface area contributed by atoms with E-state index in [4.69, 9.17) is 11.6 Å². The van der Waals surface area contributed by atoms with Crippen LogP contribution in [0, 0.1) is 13.8 Å².